The lowest BCUT2D eigenvalue weighted by atomic mass is 10.1. The molecule has 1 amide bonds. The molecule has 0 fully saturated rings. The van der Waals surface area contributed by atoms with Crippen molar-refractivity contribution in [2.75, 3.05) is 5.32 Å². The van der Waals surface area contributed by atoms with E-state index in [2.05, 4.69) is 4.74 Å². The smallest absolute Gasteiger partial charge is 0.416 e. The topological polar surface area (TPSA) is 119 Å². The van der Waals surface area contributed by atoms with Gasteiger partial charge in [0.25, 0.3) is 5.91 Å². The average Bonchev–Trinajstić information content (AvgIpc) is 2.93. The number of carbonyl (C=O) groups excluding carboxylic acids is 3. The van der Waals surface area contributed by atoms with Gasteiger partial charge in [0.05, 0.1) is 27.8 Å². The third kappa shape index (κ3) is 8.48. The van der Waals surface area contributed by atoms with E-state index in [-0.39, 0.29) is 12.1 Å². The highest BCUT2D eigenvalue weighted by Crippen LogP contribution is 2.32. The summed E-state index contributed by atoms with van der Waals surface area (Å²) in [6.45, 7) is 0. The molecule has 3 aromatic rings. The van der Waals surface area contributed by atoms with Crippen LogP contribution in [0.1, 0.15) is 37.4 Å². The van der Waals surface area contributed by atoms with Gasteiger partial charge in [-0.1, -0.05) is 18.2 Å². The Bertz CT molecular complexity index is 1570. The fourth-order valence-corrected chi connectivity index (χ4v) is 3.49. The predicted molar refractivity (Wildman–Crippen MR) is 129 cm³/mol. The molecular formula is C27H16F9NO7. The van der Waals surface area contributed by atoms with Crippen LogP contribution in [0, 0.1) is 0 Å². The summed E-state index contributed by atoms with van der Waals surface area (Å²) in [4.78, 5) is 50.5. The van der Waals surface area contributed by atoms with Crippen molar-refractivity contribution in [1.29, 1.82) is 0 Å². The van der Waals surface area contributed by atoms with Crippen LogP contribution in [0.25, 0.3) is 0 Å². The molecule has 3 rings (SSSR count). The first kappa shape index (κ1) is 33.4. The van der Waals surface area contributed by atoms with Gasteiger partial charge in [-0.05, 0) is 54.6 Å². The Morgan fingerprint density at radius 2 is 0.977 bits per heavy atom. The molecule has 2 N–H and O–H groups in total. The van der Waals surface area contributed by atoms with Crippen molar-refractivity contribution in [3.05, 3.63) is 101 Å². The zero-order valence-electron chi connectivity index (χ0n) is 21.4. The molecule has 0 saturated carbocycles. The van der Waals surface area contributed by atoms with Gasteiger partial charge in [-0.2, -0.15) is 39.5 Å². The second kappa shape index (κ2) is 12.6. The van der Waals surface area contributed by atoms with Crippen LogP contribution in [0.15, 0.2) is 72.8 Å². The van der Waals surface area contributed by atoms with Gasteiger partial charge in [-0.15, -0.1) is 0 Å². The molecule has 0 bridgehead atoms. The predicted octanol–water partition coefficient (Wildman–Crippen LogP) is 6.22. The molecule has 0 heterocycles. The van der Waals surface area contributed by atoms with E-state index in [9.17, 15) is 63.8 Å². The molecule has 0 unspecified atom stereocenters. The van der Waals surface area contributed by atoms with Gasteiger partial charge in [0.2, 0.25) is 12.2 Å². The summed E-state index contributed by atoms with van der Waals surface area (Å²) < 4.78 is 127. The van der Waals surface area contributed by atoms with Gasteiger partial charge in [0.15, 0.2) is 0 Å². The Balaban J connectivity index is 2.00. The van der Waals surface area contributed by atoms with Crippen molar-refractivity contribution in [1.82, 2.24) is 0 Å². The molecule has 0 aromatic heterocycles. The van der Waals surface area contributed by atoms with E-state index in [1.807, 2.05) is 5.32 Å². The number of hydrogen-bond acceptors (Lipinski definition) is 6. The minimum absolute atomic E-state index is 0.271. The summed E-state index contributed by atoms with van der Waals surface area (Å²) >= 11 is 0. The van der Waals surface area contributed by atoms with Crippen molar-refractivity contribution in [2.45, 2.75) is 30.7 Å². The molecule has 44 heavy (non-hydrogen) atoms. The summed E-state index contributed by atoms with van der Waals surface area (Å²) in [5.74, 6) is -7.49. The van der Waals surface area contributed by atoms with E-state index >= 15 is 0 Å². The van der Waals surface area contributed by atoms with Crippen molar-refractivity contribution < 1.29 is 73.3 Å². The number of amides is 1. The molecule has 3 aromatic carbocycles. The Labute approximate surface area is 240 Å². The minimum atomic E-state index is -4.96. The molecule has 0 radical (unpaired) electrons. The highest BCUT2D eigenvalue weighted by molar-refractivity contribution is 6.01. The van der Waals surface area contributed by atoms with Crippen LogP contribution in [0.3, 0.4) is 0 Å². The number of benzene rings is 3. The normalized spacial score (nSPS) is 13.4. The van der Waals surface area contributed by atoms with Crippen LogP contribution in [0.5, 0.6) is 0 Å². The minimum Gasteiger partial charge on any atom is -0.478 e. The number of halogens is 9. The molecule has 234 valence electrons. The number of anilines is 1. The number of carbonyl (C=O) groups is 4. The van der Waals surface area contributed by atoms with Crippen molar-refractivity contribution >= 4 is 29.5 Å². The van der Waals surface area contributed by atoms with E-state index in [0.29, 0.717) is 24.3 Å². The maximum absolute atomic E-state index is 13.1. The van der Waals surface area contributed by atoms with E-state index in [4.69, 9.17) is 4.74 Å². The van der Waals surface area contributed by atoms with Gasteiger partial charge < -0.3 is 19.9 Å². The molecule has 8 nitrogen and oxygen atoms in total. The number of rotatable bonds is 8. The number of esters is 2. The summed E-state index contributed by atoms with van der Waals surface area (Å²) in [6, 6.07) is 7.51. The fourth-order valence-electron chi connectivity index (χ4n) is 3.49. The fraction of sp³-hybridized carbons (Fsp3) is 0.185. The largest absolute Gasteiger partial charge is 0.478 e. The number of aliphatic carboxylic acids is 1. The Kier molecular flexibility index (Phi) is 9.60. The van der Waals surface area contributed by atoms with Crippen LogP contribution in [-0.4, -0.2) is 41.1 Å². The van der Waals surface area contributed by atoms with Gasteiger partial charge in [-0.25, -0.2) is 14.4 Å². The number of alkyl halides is 9. The van der Waals surface area contributed by atoms with Crippen LogP contribution in [0.4, 0.5) is 45.2 Å². The quantitative estimate of drug-likeness (QED) is 0.223. The first-order chi connectivity index (χ1) is 20.3. The lowest BCUT2D eigenvalue weighted by molar-refractivity contribution is -0.157. The molecule has 0 spiro atoms. The number of ether oxygens (including phenoxy) is 2. The Morgan fingerprint density at radius 3 is 1.39 bits per heavy atom. The van der Waals surface area contributed by atoms with E-state index in [1.54, 1.807) is 0 Å². The number of hydrogen-bond donors (Lipinski definition) is 2. The van der Waals surface area contributed by atoms with Gasteiger partial charge in [0, 0.05) is 5.69 Å². The standard InChI is InChI=1S/C27H16F9NO7/c28-25(29,30)15-6-1-4-13(10-15)23(41)43-19(21(38)37-18-9-3-8-17(12-18)27(34,35)36)20(22(39)40)44-24(42)14-5-2-7-16(11-14)26(31,32)33/h1-12,19-20H,(H,37,38)(H,39,40)/t19-,20+/m1/s1. The van der Waals surface area contributed by atoms with E-state index in [0.717, 1.165) is 36.4 Å². The summed E-state index contributed by atoms with van der Waals surface area (Å²) in [5.41, 5.74) is -6.36. The van der Waals surface area contributed by atoms with Gasteiger partial charge >= 0.3 is 36.4 Å². The van der Waals surface area contributed by atoms with Crippen molar-refractivity contribution in [2.24, 2.45) is 0 Å². The monoisotopic (exact) mass is 637 g/mol. The van der Waals surface area contributed by atoms with Crippen LogP contribution in [-0.2, 0) is 37.6 Å². The van der Waals surface area contributed by atoms with E-state index in [1.165, 1.54) is 0 Å². The number of nitrogens with one attached hydrogen (secondary N) is 1. The maximum atomic E-state index is 13.1. The zero-order valence-corrected chi connectivity index (χ0v) is 21.4. The molecule has 2 atom stereocenters. The molecule has 0 aliphatic carbocycles. The second-order valence-corrected chi connectivity index (χ2v) is 8.71. The van der Waals surface area contributed by atoms with Crippen LogP contribution >= 0.6 is 0 Å². The third-order valence-corrected chi connectivity index (χ3v) is 5.55. The third-order valence-electron chi connectivity index (χ3n) is 5.55. The first-order valence-electron chi connectivity index (χ1n) is 11.7. The van der Waals surface area contributed by atoms with Crippen molar-refractivity contribution in [3.63, 3.8) is 0 Å². The first-order valence-corrected chi connectivity index (χ1v) is 11.7. The second-order valence-electron chi connectivity index (χ2n) is 8.71. The summed E-state index contributed by atoms with van der Waals surface area (Å²) in [7, 11) is 0. The van der Waals surface area contributed by atoms with Crippen LogP contribution < -0.4 is 5.32 Å². The lowest BCUT2D eigenvalue weighted by Gasteiger charge is -2.24. The van der Waals surface area contributed by atoms with Crippen molar-refractivity contribution in [3.8, 4) is 0 Å². The van der Waals surface area contributed by atoms with Gasteiger partial charge in [-0.3, -0.25) is 4.79 Å². The Hall–Kier alpha value is -5.09. The molecule has 0 aliphatic heterocycles. The molecule has 17 heteroatoms. The summed E-state index contributed by atoms with van der Waals surface area (Å²) in [5, 5.41) is 11.5. The van der Waals surface area contributed by atoms with Crippen LogP contribution in [0.2, 0.25) is 0 Å². The molecule has 0 saturated heterocycles. The lowest BCUT2D eigenvalue weighted by Crippen LogP contribution is -2.48. The van der Waals surface area contributed by atoms with E-state index < -0.39 is 88.1 Å². The SMILES string of the molecule is O=C(O[C@H](C(=O)O)[C@@H](OC(=O)c1cccc(C(F)(F)F)c1)C(=O)Nc1cccc(C(F)(F)F)c1)c1cccc(C(F)(F)F)c1. The average molecular weight is 637 g/mol. The number of carboxylic acids is 1. The molecular weight excluding hydrogens is 621 g/mol. The number of carboxylic acid groups (broad SMARTS) is 1. The maximum Gasteiger partial charge on any atom is 0.416 e. The highest BCUT2D eigenvalue weighted by atomic mass is 19.4. The Morgan fingerprint density at radius 1 is 0.591 bits per heavy atom. The molecule has 0 aliphatic rings. The van der Waals surface area contributed by atoms with Gasteiger partial charge in [0.1, 0.15) is 0 Å². The highest BCUT2D eigenvalue weighted by Gasteiger charge is 2.42. The zero-order chi connectivity index (χ0) is 33.0. The summed E-state index contributed by atoms with van der Waals surface area (Å²) in [6.07, 6.45) is -20.5.